The highest BCUT2D eigenvalue weighted by atomic mass is 35.5. The number of aromatic nitrogens is 1. The number of nitrogens with one attached hydrogen (secondary N) is 1. The van der Waals surface area contributed by atoms with E-state index in [2.05, 4.69) is 10.5 Å². The molecule has 2 aromatic rings. The van der Waals surface area contributed by atoms with Gasteiger partial charge >= 0.3 is 0 Å². The number of carbonyl (C=O) groups excluding carboxylic acids is 1. The highest BCUT2D eigenvalue weighted by molar-refractivity contribution is 5.85. The van der Waals surface area contributed by atoms with E-state index in [-0.39, 0.29) is 30.2 Å². The molecular formula is C18H23ClFN3O2. The van der Waals surface area contributed by atoms with Crippen molar-refractivity contribution in [3.63, 3.8) is 0 Å². The second-order valence-electron chi connectivity index (χ2n) is 6.16. The van der Waals surface area contributed by atoms with Crippen molar-refractivity contribution in [2.24, 2.45) is 0 Å². The monoisotopic (exact) mass is 367 g/mol. The summed E-state index contributed by atoms with van der Waals surface area (Å²) >= 11 is 0. The lowest BCUT2D eigenvalue weighted by molar-refractivity contribution is -0.134. The summed E-state index contributed by atoms with van der Waals surface area (Å²) in [5, 5.41) is 7.21. The van der Waals surface area contributed by atoms with Crippen LogP contribution in [0.1, 0.15) is 35.0 Å². The molecule has 2 heterocycles. The van der Waals surface area contributed by atoms with Gasteiger partial charge in [0.15, 0.2) is 0 Å². The smallest absolute Gasteiger partial charge is 0.223 e. The molecule has 0 bridgehead atoms. The number of aryl methyl sites for hydroxylation is 2. The average Bonchev–Trinajstić information content (AvgIpc) is 2.91. The number of carbonyl (C=O) groups is 1. The summed E-state index contributed by atoms with van der Waals surface area (Å²) in [5.41, 5.74) is 2.66. The molecule has 0 saturated carbocycles. The van der Waals surface area contributed by atoms with Crippen molar-refractivity contribution < 1.29 is 13.7 Å². The summed E-state index contributed by atoms with van der Waals surface area (Å²) in [6.07, 6.45) is 1.01. The fraction of sp³-hybridized carbons (Fsp3) is 0.444. The zero-order valence-electron chi connectivity index (χ0n) is 14.4. The van der Waals surface area contributed by atoms with Crippen molar-refractivity contribution in [1.29, 1.82) is 0 Å². The molecule has 1 aliphatic rings. The summed E-state index contributed by atoms with van der Waals surface area (Å²) in [7, 11) is 0. The first-order chi connectivity index (χ1) is 11.6. The Balaban J connectivity index is 0.00000225. The van der Waals surface area contributed by atoms with Crippen LogP contribution in [0.4, 0.5) is 4.39 Å². The van der Waals surface area contributed by atoms with Gasteiger partial charge < -0.3 is 14.7 Å². The third-order valence-electron chi connectivity index (χ3n) is 4.57. The fourth-order valence-electron chi connectivity index (χ4n) is 3.25. The molecule has 1 aliphatic heterocycles. The molecule has 1 saturated heterocycles. The SMILES string of the molecule is Cc1noc(C)c1CCC(=O)N1CCNCC1c1cccc(F)c1.Cl. The standard InChI is InChI=1S/C18H22FN3O2.ClH/c1-12-16(13(2)24-21-12)6-7-18(23)22-9-8-20-11-17(22)14-4-3-5-15(19)10-14;/h3-5,10,17,20H,6-9,11H2,1-2H3;1H. The van der Waals surface area contributed by atoms with Gasteiger partial charge in [0, 0.05) is 31.6 Å². The summed E-state index contributed by atoms with van der Waals surface area (Å²) in [4.78, 5) is 14.6. The quantitative estimate of drug-likeness (QED) is 0.902. The van der Waals surface area contributed by atoms with Crippen LogP contribution in [0.2, 0.25) is 0 Å². The number of rotatable bonds is 4. The summed E-state index contributed by atoms with van der Waals surface area (Å²) in [5.74, 6) is 0.564. The van der Waals surface area contributed by atoms with Gasteiger partial charge in [0.25, 0.3) is 0 Å². The lowest BCUT2D eigenvalue weighted by Crippen LogP contribution is -2.48. The normalized spacial score (nSPS) is 17.2. The van der Waals surface area contributed by atoms with Gasteiger partial charge in [0.1, 0.15) is 11.6 Å². The fourth-order valence-corrected chi connectivity index (χ4v) is 3.25. The second kappa shape index (κ2) is 8.45. The molecule has 1 unspecified atom stereocenters. The predicted molar refractivity (Wildman–Crippen MR) is 95.3 cm³/mol. The van der Waals surface area contributed by atoms with E-state index in [4.69, 9.17) is 4.52 Å². The molecule has 5 nitrogen and oxygen atoms in total. The number of piperazine rings is 1. The maximum Gasteiger partial charge on any atom is 0.223 e. The van der Waals surface area contributed by atoms with Gasteiger partial charge in [0.05, 0.1) is 11.7 Å². The van der Waals surface area contributed by atoms with Crippen LogP contribution in [0.15, 0.2) is 28.8 Å². The topological polar surface area (TPSA) is 58.4 Å². The zero-order valence-corrected chi connectivity index (χ0v) is 15.2. The molecular weight excluding hydrogens is 345 g/mol. The molecule has 1 amide bonds. The van der Waals surface area contributed by atoms with Gasteiger partial charge in [-0.3, -0.25) is 4.79 Å². The molecule has 1 aromatic carbocycles. The van der Waals surface area contributed by atoms with E-state index >= 15 is 0 Å². The van der Waals surface area contributed by atoms with E-state index in [1.54, 1.807) is 6.07 Å². The van der Waals surface area contributed by atoms with Crippen LogP contribution < -0.4 is 5.32 Å². The highest BCUT2D eigenvalue weighted by Gasteiger charge is 2.28. The third-order valence-corrected chi connectivity index (χ3v) is 4.57. The van der Waals surface area contributed by atoms with Crippen LogP contribution in [0.5, 0.6) is 0 Å². The van der Waals surface area contributed by atoms with E-state index in [1.807, 2.05) is 24.8 Å². The largest absolute Gasteiger partial charge is 0.361 e. The van der Waals surface area contributed by atoms with Gasteiger partial charge in [-0.15, -0.1) is 12.4 Å². The molecule has 0 spiro atoms. The molecule has 3 rings (SSSR count). The van der Waals surface area contributed by atoms with Crippen LogP contribution in [-0.2, 0) is 11.2 Å². The highest BCUT2D eigenvalue weighted by Crippen LogP contribution is 2.24. The van der Waals surface area contributed by atoms with Crippen LogP contribution in [0, 0.1) is 19.7 Å². The Morgan fingerprint density at radius 1 is 1.44 bits per heavy atom. The molecule has 136 valence electrons. The number of halogens is 2. The van der Waals surface area contributed by atoms with E-state index in [0.717, 1.165) is 29.1 Å². The molecule has 1 aromatic heterocycles. The maximum atomic E-state index is 13.5. The van der Waals surface area contributed by atoms with E-state index in [1.165, 1.54) is 12.1 Å². The Kier molecular flexibility index (Phi) is 6.56. The lowest BCUT2D eigenvalue weighted by atomic mass is 10.0. The van der Waals surface area contributed by atoms with Gasteiger partial charge in [-0.2, -0.15) is 0 Å². The van der Waals surface area contributed by atoms with Gasteiger partial charge in [-0.1, -0.05) is 17.3 Å². The minimum Gasteiger partial charge on any atom is -0.361 e. The number of benzene rings is 1. The first-order valence-electron chi connectivity index (χ1n) is 8.23. The summed E-state index contributed by atoms with van der Waals surface area (Å²) < 4.78 is 18.7. The third kappa shape index (κ3) is 4.38. The van der Waals surface area contributed by atoms with Crippen LogP contribution >= 0.6 is 12.4 Å². The number of nitrogens with zero attached hydrogens (tertiary/aromatic N) is 2. The van der Waals surface area contributed by atoms with Crippen LogP contribution in [0.3, 0.4) is 0 Å². The van der Waals surface area contributed by atoms with Crippen LogP contribution in [-0.4, -0.2) is 35.6 Å². The minimum absolute atomic E-state index is 0. The van der Waals surface area contributed by atoms with Crippen molar-refractivity contribution >= 4 is 18.3 Å². The Morgan fingerprint density at radius 3 is 2.92 bits per heavy atom. The zero-order chi connectivity index (χ0) is 17.1. The molecule has 25 heavy (non-hydrogen) atoms. The number of hydrogen-bond donors (Lipinski definition) is 1. The Labute approximate surface area is 153 Å². The van der Waals surface area contributed by atoms with Crippen molar-refractivity contribution in [2.75, 3.05) is 19.6 Å². The van der Waals surface area contributed by atoms with Crippen molar-refractivity contribution in [3.8, 4) is 0 Å². The molecule has 0 aliphatic carbocycles. The van der Waals surface area contributed by atoms with Crippen LogP contribution in [0.25, 0.3) is 0 Å². The summed E-state index contributed by atoms with van der Waals surface area (Å²) in [6, 6.07) is 6.35. The molecule has 1 fully saturated rings. The Hall–Kier alpha value is -1.92. The molecule has 0 radical (unpaired) electrons. The molecule has 7 heteroatoms. The summed E-state index contributed by atoms with van der Waals surface area (Å²) in [6.45, 7) is 5.77. The van der Waals surface area contributed by atoms with E-state index in [0.29, 0.717) is 25.9 Å². The minimum atomic E-state index is -0.277. The van der Waals surface area contributed by atoms with Crippen molar-refractivity contribution in [2.45, 2.75) is 32.7 Å². The van der Waals surface area contributed by atoms with E-state index in [9.17, 15) is 9.18 Å². The van der Waals surface area contributed by atoms with Gasteiger partial charge in [-0.25, -0.2) is 4.39 Å². The first-order valence-corrected chi connectivity index (χ1v) is 8.23. The number of hydrogen-bond acceptors (Lipinski definition) is 4. The Morgan fingerprint density at radius 2 is 2.24 bits per heavy atom. The average molecular weight is 368 g/mol. The Bertz CT molecular complexity index is 715. The van der Waals surface area contributed by atoms with Crippen molar-refractivity contribution in [3.05, 3.63) is 52.7 Å². The van der Waals surface area contributed by atoms with Gasteiger partial charge in [0.2, 0.25) is 5.91 Å². The van der Waals surface area contributed by atoms with Crippen molar-refractivity contribution in [1.82, 2.24) is 15.4 Å². The lowest BCUT2D eigenvalue weighted by Gasteiger charge is -2.36. The van der Waals surface area contributed by atoms with E-state index < -0.39 is 0 Å². The second-order valence-corrected chi connectivity index (χ2v) is 6.16. The maximum absolute atomic E-state index is 13.5. The predicted octanol–water partition coefficient (Wildman–Crippen LogP) is 2.96. The first kappa shape index (κ1) is 19.4. The molecule has 1 N–H and O–H groups in total. The van der Waals surface area contributed by atoms with Gasteiger partial charge in [-0.05, 0) is 38.0 Å². The number of amides is 1. The molecule has 1 atom stereocenters.